The average Bonchev–Trinajstić information content (AvgIpc) is 3.59. The summed E-state index contributed by atoms with van der Waals surface area (Å²) in [5, 5.41) is 3.86. The summed E-state index contributed by atoms with van der Waals surface area (Å²) in [6, 6.07) is 23.0. The van der Waals surface area contributed by atoms with Crippen molar-refractivity contribution in [3.8, 4) is 20.2 Å². The number of halogens is 7. The molecule has 0 unspecified atom stereocenters. The summed E-state index contributed by atoms with van der Waals surface area (Å²) in [4.78, 5) is 1.41. The number of alkyl halides is 3. The minimum Gasteiger partial charge on any atom is -0.203 e. The van der Waals surface area contributed by atoms with Crippen molar-refractivity contribution in [2.24, 2.45) is 0 Å². The zero-order valence-electron chi connectivity index (χ0n) is 19.8. The van der Waals surface area contributed by atoms with E-state index in [1.54, 1.807) is 11.8 Å². The lowest BCUT2D eigenvalue weighted by molar-refractivity contribution is -0.143. The van der Waals surface area contributed by atoms with Crippen molar-refractivity contribution in [3.05, 3.63) is 102 Å². The predicted octanol–water partition coefficient (Wildman–Crippen LogP) is 7.13. The Morgan fingerprint density at radius 1 is 0.667 bits per heavy atom. The standard InChI is InChI=1S/C28H15F7S3Si/c1-36-19-13-18-27(38-19)26-17(39(18,14-8-4-2-5-9-14)15-10-6-3-7-11-15)12-16(37-26)20-22(29)24(31)21(28(33,34)35)25(32)23(20)30/h2-13H,1H3. The lowest BCUT2D eigenvalue weighted by Crippen LogP contribution is -2.72. The van der Waals surface area contributed by atoms with E-state index in [-0.39, 0.29) is 4.88 Å². The van der Waals surface area contributed by atoms with E-state index in [0.717, 1.165) is 41.2 Å². The minimum atomic E-state index is -5.60. The van der Waals surface area contributed by atoms with E-state index in [1.807, 2.05) is 66.9 Å². The molecule has 0 fully saturated rings. The van der Waals surface area contributed by atoms with Crippen molar-refractivity contribution < 1.29 is 30.7 Å². The molecule has 0 aliphatic carbocycles. The molecule has 0 atom stereocenters. The second-order valence-corrected chi connectivity index (χ2v) is 15.8. The highest BCUT2D eigenvalue weighted by atomic mass is 32.2. The fraction of sp³-hybridized carbons (Fsp3) is 0.0714. The maximum absolute atomic E-state index is 15.1. The third-order valence-electron chi connectivity index (χ3n) is 6.86. The molecule has 1 aliphatic rings. The molecule has 198 valence electrons. The number of hydrogen-bond donors (Lipinski definition) is 0. The highest BCUT2D eigenvalue weighted by Crippen LogP contribution is 2.46. The molecule has 0 spiro atoms. The van der Waals surface area contributed by atoms with Crippen LogP contribution < -0.4 is 20.7 Å². The highest BCUT2D eigenvalue weighted by molar-refractivity contribution is 8.00. The summed E-state index contributed by atoms with van der Waals surface area (Å²) >= 11 is 4.00. The molecule has 6 rings (SSSR count). The van der Waals surface area contributed by atoms with E-state index in [9.17, 15) is 22.0 Å². The number of thiophene rings is 2. The maximum Gasteiger partial charge on any atom is 0.422 e. The predicted molar refractivity (Wildman–Crippen MR) is 147 cm³/mol. The van der Waals surface area contributed by atoms with Gasteiger partial charge in [-0.3, -0.25) is 0 Å². The van der Waals surface area contributed by atoms with Gasteiger partial charge in [0, 0.05) is 14.6 Å². The van der Waals surface area contributed by atoms with Crippen molar-refractivity contribution in [1.29, 1.82) is 0 Å². The van der Waals surface area contributed by atoms with Gasteiger partial charge in [-0.15, -0.1) is 34.4 Å². The van der Waals surface area contributed by atoms with Crippen molar-refractivity contribution >= 4 is 63.3 Å². The Balaban J connectivity index is 1.70. The number of fused-ring (bicyclic) bond motifs is 3. The van der Waals surface area contributed by atoms with Crippen LogP contribution in [-0.2, 0) is 6.18 Å². The Kier molecular flexibility index (Phi) is 6.33. The molecule has 2 aromatic heterocycles. The fourth-order valence-electron chi connectivity index (χ4n) is 5.28. The highest BCUT2D eigenvalue weighted by Gasteiger charge is 2.51. The number of thioether (sulfide) groups is 1. The van der Waals surface area contributed by atoms with Gasteiger partial charge < -0.3 is 0 Å². The maximum atomic E-state index is 15.1. The summed E-state index contributed by atoms with van der Waals surface area (Å²) in [5.41, 5.74) is -3.71. The van der Waals surface area contributed by atoms with Crippen LogP contribution in [0.2, 0.25) is 0 Å². The first kappa shape index (κ1) is 26.4. The summed E-state index contributed by atoms with van der Waals surface area (Å²) in [5.74, 6) is -9.05. The molecule has 39 heavy (non-hydrogen) atoms. The zero-order chi connectivity index (χ0) is 27.7. The van der Waals surface area contributed by atoms with E-state index in [4.69, 9.17) is 0 Å². The van der Waals surface area contributed by atoms with Crippen LogP contribution in [0.1, 0.15) is 5.56 Å². The van der Waals surface area contributed by atoms with Crippen LogP contribution in [0.3, 0.4) is 0 Å². The fourth-order valence-corrected chi connectivity index (χ4v) is 14.8. The quantitative estimate of drug-likeness (QED) is 0.0888. The minimum absolute atomic E-state index is 0.171. The van der Waals surface area contributed by atoms with Gasteiger partial charge in [-0.2, -0.15) is 13.2 Å². The van der Waals surface area contributed by atoms with Gasteiger partial charge in [0.05, 0.1) is 9.77 Å². The molecule has 1 aliphatic heterocycles. The van der Waals surface area contributed by atoms with E-state index < -0.39 is 48.6 Å². The third kappa shape index (κ3) is 3.77. The Morgan fingerprint density at radius 2 is 1.15 bits per heavy atom. The Hall–Kier alpha value is -2.86. The monoisotopic (exact) mass is 608 g/mol. The Morgan fingerprint density at radius 3 is 1.64 bits per heavy atom. The molecule has 0 nitrogen and oxygen atoms in total. The SMILES string of the molecule is CSc1cc2c(s1)-c1sc(-c3c(F)c(F)c(C(F)(F)F)c(F)c3F)cc1[Si]2(c1ccccc1)c1ccccc1. The first-order chi connectivity index (χ1) is 18.6. The molecule has 0 N–H and O–H groups in total. The topological polar surface area (TPSA) is 0 Å². The van der Waals surface area contributed by atoms with Gasteiger partial charge in [-0.1, -0.05) is 60.7 Å². The van der Waals surface area contributed by atoms with Crippen LogP contribution in [0.5, 0.6) is 0 Å². The van der Waals surface area contributed by atoms with Crippen LogP contribution in [0.25, 0.3) is 20.2 Å². The van der Waals surface area contributed by atoms with Crippen molar-refractivity contribution in [1.82, 2.24) is 0 Å². The normalized spacial score (nSPS) is 13.9. The summed E-state index contributed by atoms with van der Waals surface area (Å²) in [6.07, 6.45) is -3.66. The smallest absolute Gasteiger partial charge is 0.203 e. The summed E-state index contributed by atoms with van der Waals surface area (Å²) in [6.45, 7) is 0. The van der Waals surface area contributed by atoms with Crippen molar-refractivity contribution in [3.63, 3.8) is 0 Å². The lowest BCUT2D eigenvalue weighted by atomic mass is 10.1. The second-order valence-electron chi connectivity index (χ2n) is 8.85. The molecule has 0 saturated heterocycles. The van der Waals surface area contributed by atoms with Crippen LogP contribution in [0, 0.1) is 23.3 Å². The molecule has 11 heteroatoms. The van der Waals surface area contributed by atoms with Gasteiger partial charge in [0.1, 0.15) is 5.56 Å². The second kappa shape index (κ2) is 9.36. The van der Waals surface area contributed by atoms with E-state index >= 15 is 8.78 Å². The van der Waals surface area contributed by atoms with Gasteiger partial charge in [0.25, 0.3) is 0 Å². The van der Waals surface area contributed by atoms with Gasteiger partial charge >= 0.3 is 6.18 Å². The molecule has 0 saturated carbocycles. The van der Waals surface area contributed by atoms with Crippen LogP contribution in [-0.4, -0.2) is 14.3 Å². The Bertz CT molecular complexity index is 1660. The number of benzene rings is 3. The molecule has 3 heterocycles. The van der Waals surface area contributed by atoms with Gasteiger partial charge in [-0.05, 0) is 39.1 Å². The summed E-state index contributed by atoms with van der Waals surface area (Å²) in [7, 11) is -3.04. The van der Waals surface area contributed by atoms with E-state index in [1.165, 1.54) is 17.4 Å². The first-order valence-corrected chi connectivity index (χ1v) is 16.3. The van der Waals surface area contributed by atoms with Gasteiger partial charge in [-0.25, -0.2) is 17.6 Å². The van der Waals surface area contributed by atoms with Crippen LogP contribution >= 0.6 is 34.4 Å². The van der Waals surface area contributed by atoms with E-state index in [0.29, 0.717) is 4.88 Å². The molecule has 3 aromatic carbocycles. The van der Waals surface area contributed by atoms with Crippen LogP contribution in [0.4, 0.5) is 30.7 Å². The molecular formula is C28H15F7S3Si. The zero-order valence-corrected chi connectivity index (χ0v) is 23.2. The third-order valence-corrected chi connectivity index (χ3v) is 15.5. The van der Waals surface area contributed by atoms with Gasteiger partial charge in [0.2, 0.25) is 0 Å². The average molecular weight is 609 g/mol. The summed E-state index contributed by atoms with van der Waals surface area (Å²) < 4.78 is 100. The Labute approximate surface area is 231 Å². The number of hydrogen-bond acceptors (Lipinski definition) is 3. The van der Waals surface area contributed by atoms with Gasteiger partial charge in [0.15, 0.2) is 31.3 Å². The largest absolute Gasteiger partial charge is 0.422 e. The molecule has 0 radical (unpaired) electrons. The van der Waals surface area contributed by atoms with Crippen LogP contribution in [0.15, 0.2) is 77.0 Å². The molecule has 0 bridgehead atoms. The molecule has 5 aromatic rings. The number of rotatable bonds is 4. The van der Waals surface area contributed by atoms with Crippen molar-refractivity contribution in [2.45, 2.75) is 10.4 Å². The first-order valence-electron chi connectivity index (χ1n) is 11.5. The van der Waals surface area contributed by atoms with E-state index in [2.05, 4.69) is 6.07 Å². The molecule has 0 amide bonds. The lowest BCUT2D eigenvalue weighted by Gasteiger charge is -2.30. The molecular weight excluding hydrogens is 594 g/mol. The van der Waals surface area contributed by atoms with Crippen molar-refractivity contribution in [2.75, 3.05) is 6.26 Å².